The van der Waals surface area contributed by atoms with Crippen molar-refractivity contribution in [2.75, 3.05) is 0 Å². The molecule has 0 spiro atoms. The molecule has 0 aromatic heterocycles. The molecule has 0 bridgehead atoms. The lowest BCUT2D eigenvalue weighted by Crippen LogP contribution is -2.18. The molecule has 0 radical (unpaired) electrons. The van der Waals surface area contributed by atoms with Gasteiger partial charge in [0.15, 0.2) is 0 Å². The Hall–Kier alpha value is -0.560. The summed E-state index contributed by atoms with van der Waals surface area (Å²) in [7, 11) is 0. The minimum absolute atomic E-state index is 0.0480. The molecule has 1 unspecified atom stereocenters. The maximum Gasteiger partial charge on any atom is 0.126 e. The van der Waals surface area contributed by atoms with Crippen LogP contribution in [0.2, 0.25) is 0 Å². The van der Waals surface area contributed by atoms with E-state index in [1.165, 1.54) is 6.07 Å². The van der Waals surface area contributed by atoms with Crippen LogP contribution in [0.4, 0.5) is 4.39 Å². The summed E-state index contributed by atoms with van der Waals surface area (Å²) in [6, 6.07) is 6.93. The van der Waals surface area contributed by atoms with Crippen LogP contribution in [0.3, 0.4) is 0 Å². The molecular weight excluding hydrogens is 235 g/mol. The van der Waals surface area contributed by atoms with Crippen LogP contribution < -0.4 is 0 Å². The SMILES string of the molecule is CCCC(CCC)C(Cl)Cc1ccccc1F. The van der Waals surface area contributed by atoms with E-state index < -0.39 is 0 Å². The molecule has 1 aromatic carbocycles. The lowest BCUT2D eigenvalue weighted by molar-refractivity contribution is 0.415. The number of halogens is 2. The highest BCUT2D eigenvalue weighted by atomic mass is 35.5. The highest BCUT2D eigenvalue weighted by Gasteiger charge is 2.19. The monoisotopic (exact) mass is 256 g/mol. The average molecular weight is 257 g/mol. The van der Waals surface area contributed by atoms with E-state index in [1.54, 1.807) is 6.07 Å². The Bertz CT molecular complexity index is 318. The third-order valence-electron chi connectivity index (χ3n) is 3.20. The number of hydrogen-bond donors (Lipinski definition) is 0. The molecule has 0 nitrogen and oxygen atoms in total. The van der Waals surface area contributed by atoms with Crippen molar-refractivity contribution in [1.29, 1.82) is 0 Å². The first-order valence-corrected chi connectivity index (χ1v) is 7.00. The number of hydrogen-bond acceptors (Lipinski definition) is 0. The molecule has 1 aromatic rings. The normalized spacial score (nSPS) is 13.0. The standard InChI is InChI=1S/C15H22ClF/c1-3-7-12(8-4-2)14(16)11-13-9-5-6-10-15(13)17/h5-6,9-10,12,14H,3-4,7-8,11H2,1-2H3. The van der Waals surface area contributed by atoms with Gasteiger partial charge in [0.1, 0.15) is 5.82 Å². The van der Waals surface area contributed by atoms with Gasteiger partial charge < -0.3 is 0 Å². The Morgan fingerprint density at radius 2 is 1.71 bits per heavy atom. The number of alkyl halides is 1. The van der Waals surface area contributed by atoms with Gasteiger partial charge in [-0.1, -0.05) is 44.9 Å². The molecule has 0 heterocycles. The largest absolute Gasteiger partial charge is 0.207 e. The highest BCUT2D eigenvalue weighted by molar-refractivity contribution is 6.20. The second-order valence-electron chi connectivity index (χ2n) is 4.65. The minimum Gasteiger partial charge on any atom is -0.207 e. The van der Waals surface area contributed by atoms with Crippen molar-refractivity contribution < 1.29 is 4.39 Å². The summed E-state index contributed by atoms with van der Waals surface area (Å²) in [4.78, 5) is 0. The van der Waals surface area contributed by atoms with E-state index in [-0.39, 0.29) is 11.2 Å². The predicted octanol–water partition coefficient (Wildman–Crippen LogP) is 5.19. The molecule has 1 rings (SSSR count). The summed E-state index contributed by atoms with van der Waals surface area (Å²) in [5.74, 6) is 0.371. The quantitative estimate of drug-likeness (QED) is 0.589. The van der Waals surface area contributed by atoms with Crippen molar-refractivity contribution in [3.8, 4) is 0 Å². The average Bonchev–Trinajstić information content (AvgIpc) is 2.32. The molecule has 0 fully saturated rings. The second kappa shape index (κ2) is 7.71. The van der Waals surface area contributed by atoms with E-state index in [1.807, 2.05) is 12.1 Å². The zero-order chi connectivity index (χ0) is 12.7. The molecular formula is C15H22ClF. The van der Waals surface area contributed by atoms with Gasteiger partial charge in [-0.15, -0.1) is 11.6 Å². The highest BCUT2D eigenvalue weighted by Crippen LogP contribution is 2.25. The second-order valence-corrected chi connectivity index (χ2v) is 5.21. The van der Waals surface area contributed by atoms with Crippen LogP contribution in [-0.4, -0.2) is 5.38 Å². The van der Waals surface area contributed by atoms with Gasteiger partial charge in [-0.25, -0.2) is 4.39 Å². The molecule has 2 heteroatoms. The molecule has 96 valence electrons. The van der Waals surface area contributed by atoms with E-state index in [2.05, 4.69) is 13.8 Å². The Balaban J connectivity index is 2.62. The Kier molecular flexibility index (Phi) is 6.57. The molecule has 1 atom stereocenters. The van der Waals surface area contributed by atoms with Crippen LogP contribution in [-0.2, 0) is 6.42 Å². The van der Waals surface area contributed by atoms with E-state index in [4.69, 9.17) is 11.6 Å². The van der Waals surface area contributed by atoms with E-state index in [0.717, 1.165) is 31.2 Å². The van der Waals surface area contributed by atoms with Gasteiger partial charge >= 0.3 is 0 Å². The predicted molar refractivity (Wildman–Crippen MR) is 73.1 cm³/mol. The molecule has 0 aliphatic rings. The summed E-state index contributed by atoms with van der Waals surface area (Å²) < 4.78 is 13.5. The first-order chi connectivity index (χ1) is 8.19. The first kappa shape index (κ1) is 14.5. The number of benzene rings is 1. The molecule has 0 aliphatic carbocycles. The maximum absolute atomic E-state index is 13.5. The summed E-state index contributed by atoms with van der Waals surface area (Å²) in [6.07, 6.45) is 5.20. The fourth-order valence-electron chi connectivity index (χ4n) is 2.29. The zero-order valence-corrected chi connectivity index (χ0v) is 11.5. The molecule has 0 saturated heterocycles. The van der Waals surface area contributed by atoms with Gasteiger partial charge in [-0.05, 0) is 36.8 Å². The Morgan fingerprint density at radius 3 is 2.24 bits per heavy atom. The van der Waals surface area contributed by atoms with Crippen LogP contribution in [0, 0.1) is 11.7 Å². The fraction of sp³-hybridized carbons (Fsp3) is 0.600. The van der Waals surface area contributed by atoms with Crippen molar-refractivity contribution in [2.24, 2.45) is 5.92 Å². The molecule has 0 saturated carbocycles. The first-order valence-electron chi connectivity index (χ1n) is 6.56. The van der Waals surface area contributed by atoms with Crippen molar-refractivity contribution in [2.45, 2.75) is 51.3 Å². The molecule has 0 amide bonds. The molecule has 0 N–H and O–H groups in total. The smallest absolute Gasteiger partial charge is 0.126 e. The van der Waals surface area contributed by atoms with E-state index >= 15 is 0 Å². The summed E-state index contributed by atoms with van der Waals surface area (Å²) in [6.45, 7) is 4.35. The lowest BCUT2D eigenvalue weighted by atomic mass is 9.91. The molecule has 17 heavy (non-hydrogen) atoms. The summed E-state index contributed by atoms with van der Waals surface area (Å²) in [5.41, 5.74) is 0.740. The van der Waals surface area contributed by atoms with Crippen molar-refractivity contribution in [3.05, 3.63) is 35.6 Å². The van der Waals surface area contributed by atoms with Crippen LogP contribution in [0.25, 0.3) is 0 Å². The zero-order valence-electron chi connectivity index (χ0n) is 10.8. The fourth-order valence-corrected chi connectivity index (χ4v) is 2.71. The van der Waals surface area contributed by atoms with Crippen LogP contribution in [0.1, 0.15) is 45.1 Å². The van der Waals surface area contributed by atoms with Gasteiger partial charge in [-0.3, -0.25) is 0 Å². The summed E-state index contributed by atoms with van der Waals surface area (Å²) >= 11 is 6.44. The molecule has 0 aliphatic heterocycles. The summed E-state index contributed by atoms with van der Waals surface area (Å²) in [5, 5.41) is 0.0480. The van der Waals surface area contributed by atoms with Gasteiger partial charge in [-0.2, -0.15) is 0 Å². The van der Waals surface area contributed by atoms with Crippen LogP contribution >= 0.6 is 11.6 Å². The topological polar surface area (TPSA) is 0 Å². The third-order valence-corrected chi connectivity index (χ3v) is 3.71. The Labute approximate surface area is 109 Å². The van der Waals surface area contributed by atoms with E-state index in [9.17, 15) is 4.39 Å². The van der Waals surface area contributed by atoms with Crippen molar-refractivity contribution in [3.63, 3.8) is 0 Å². The number of rotatable bonds is 7. The van der Waals surface area contributed by atoms with Gasteiger partial charge in [0.05, 0.1) is 0 Å². The van der Waals surface area contributed by atoms with Crippen LogP contribution in [0.5, 0.6) is 0 Å². The van der Waals surface area contributed by atoms with Gasteiger partial charge in [0, 0.05) is 5.38 Å². The lowest BCUT2D eigenvalue weighted by Gasteiger charge is -2.21. The minimum atomic E-state index is -0.134. The van der Waals surface area contributed by atoms with Crippen LogP contribution in [0.15, 0.2) is 24.3 Å². The van der Waals surface area contributed by atoms with Gasteiger partial charge in [0.2, 0.25) is 0 Å². The van der Waals surface area contributed by atoms with Gasteiger partial charge in [0.25, 0.3) is 0 Å². The van der Waals surface area contributed by atoms with E-state index in [0.29, 0.717) is 12.3 Å². The maximum atomic E-state index is 13.5. The third kappa shape index (κ3) is 4.67. The Morgan fingerprint density at radius 1 is 1.12 bits per heavy atom. The van der Waals surface area contributed by atoms with Crippen molar-refractivity contribution >= 4 is 11.6 Å². The van der Waals surface area contributed by atoms with Crippen molar-refractivity contribution in [1.82, 2.24) is 0 Å².